The maximum absolute atomic E-state index is 5.29. The molecular weight excluding hydrogens is 240 g/mol. The Morgan fingerprint density at radius 3 is 2.86 bits per heavy atom. The molecule has 76 valence electrons. The molecule has 1 aromatic rings. The van der Waals surface area contributed by atoms with E-state index in [1.54, 1.807) is 7.11 Å². The van der Waals surface area contributed by atoms with E-state index in [1.807, 2.05) is 6.07 Å². The van der Waals surface area contributed by atoms with Crippen LogP contribution in [0, 0.1) is 6.92 Å². The average molecular weight is 255 g/mol. The van der Waals surface area contributed by atoms with Crippen LogP contribution in [0.3, 0.4) is 0 Å². The van der Waals surface area contributed by atoms with Crippen LogP contribution in [-0.4, -0.2) is 12.4 Å². The highest BCUT2D eigenvalue weighted by Gasteiger charge is 1.98. The molecule has 0 saturated heterocycles. The summed E-state index contributed by atoms with van der Waals surface area (Å²) in [5.41, 5.74) is 2.36. The van der Waals surface area contributed by atoms with Crippen LogP contribution < -0.4 is 4.74 Å². The van der Waals surface area contributed by atoms with E-state index in [4.69, 9.17) is 4.74 Å². The van der Waals surface area contributed by atoms with Crippen molar-refractivity contribution in [3.63, 3.8) is 0 Å². The SMILES string of the molecule is COc1cc(C)ccc1C=CCCBr. The minimum atomic E-state index is 0.941. The molecule has 0 amide bonds. The van der Waals surface area contributed by atoms with Gasteiger partial charge in [-0.1, -0.05) is 40.2 Å². The smallest absolute Gasteiger partial charge is 0.126 e. The molecule has 0 aliphatic carbocycles. The number of methoxy groups -OCH3 is 1. The number of aryl methyl sites for hydroxylation is 1. The zero-order chi connectivity index (χ0) is 10.4. The van der Waals surface area contributed by atoms with Crippen molar-refractivity contribution in [2.45, 2.75) is 13.3 Å². The molecule has 0 aliphatic rings. The van der Waals surface area contributed by atoms with E-state index >= 15 is 0 Å². The third-order valence-corrected chi connectivity index (χ3v) is 2.42. The summed E-state index contributed by atoms with van der Waals surface area (Å²) in [4.78, 5) is 0. The summed E-state index contributed by atoms with van der Waals surface area (Å²) < 4.78 is 5.29. The lowest BCUT2D eigenvalue weighted by Gasteiger charge is -2.05. The first-order valence-electron chi connectivity index (χ1n) is 4.65. The van der Waals surface area contributed by atoms with Gasteiger partial charge in [0.2, 0.25) is 0 Å². The van der Waals surface area contributed by atoms with E-state index in [0.717, 1.165) is 23.1 Å². The van der Waals surface area contributed by atoms with Gasteiger partial charge in [-0.15, -0.1) is 0 Å². The normalized spacial score (nSPS) is 10.8. The zero-order valence-electron chi connectivity index (χ0n) is 8.59. The Morgan fingerprint density at radius 2 is 2.21 bits per heavy atom. The summed E-state index contributed by atoms with van der Waals surface area (Å²) in [6.45, 7) is 2.06. The standard InChI is InChI=1S/C12H15BrO/c1-10-6-7-11(5-3-4-8-13)12(9-10)14-2/h3,5-7,9H,4,8H2,1-2H3. The van der Waals surface area contributed by atoms with Gasteiger partial charge in [0.25, 0.3) is 0 Å². The third-order valence-electron chi connectivity index (χ3n) is 1.96. The van der Waals surface area contributed by atoms with Crippen molar-refractivity contribution in [2.75, 3.05) is 12.4 Å². The lowest BCUT2D eigenvalue weighted by Crippen LogP contribution is -1.87. The van der Waals surface area contributed by atoms with Crippen molar-refractivity contribution in [1.29, 1.82) is 0 Å². The van der Waals surface area contributed by atoms with Crippen LogP contribution in [0.1, 0.15) is 17.5 Å². The summed E-state index contributed by atoms with van der Waals surface area (Å²) in [6.07, 6.45) is 5.28. The van der Waals surface area contributed by atoms with E-state index in [0.29, 0.717) is 0 Å². The summed E-state index contributed by atoms with van der Waals surface area (Å²) >= 11 is 3.39. The second kappa shape index (κ2) is 5.86. The minimum absolute atomic E-state index is 0.941. The zero-order valence-corrected chi connectivity index (χ0v) is 10.2. The molecule has 2 heteroatoms. The van der Waals surface area contributed by atoms with Gasteiger partial charge in [-0.3, -0.25) is 0 Å². The number of ether oxygens (including phenoxy) is 1. The Hall–Kier alpha value is -0.760. The average Bonchev–Trinajstić information content (AvgIpc) is 2.20. The fraction of sp³-hybridized carbons (Fsp3) is 0.333. The molecule has 0 radical (unpaired) electrons. The molecule has 0 bridgehead atoms. The lowest BCUT2D eigenvalue weighted by molar-refractivity contribution is 0.413. The van der Waals surface area contributed by atoms with Crippen LogP contribution in [-0.2, 0) is 0 Å². The molecule has 0 atom stereocenters. The molecule has 1 rings (SSSR count). The van der Waals surface area contributed by atoms with Gasteiger partial charge in [-0.05, 0) is 25.0 Å². The largest absolute Gasteiger partial charge is 0.496 e. The van der Waals surface area contributed by atoms with Gasteiger partial charge in [-0.2, -0.15) is 0 Å². The first-order valence-corrected chi connectivity index (χ1v) is 5.77. The predicted molar refractivity (Wildman–Crippen MR) is 65.2 cm³/mol. The van der Waals surface area contributed by atoms with Gasteiger partial charge >= 0.3 is 0 Å². The van der Waals surface area contributed by atoms with E-state index < -0.39 is 0 Å². The summed E-state index contributed by atoms with van der Waals surface area (Å²) in [5, 5.41) is 0.998. The topological polar surface area (TPSA) is 9.23 Å². The number of rotatable bonds is 4. The molecule has 1 nitrogen and oxygen atoms in total. The van der Waals surface area contributed by atoms with Crippen molar-refractivity contribution in [2.24, 2.45) is 0 Å². The number of benzene rings is 1. The minimum Gasteiger partial charge on any atom is -0.496 e. The molecule has 14 heavy (non-hydrogen) atoms. The quantitative estimate of drug-likeness (QED) is 0.743. The first-order chi connectivity index (χ1) is 6.77. The summed E-state index contributed by atoms with van der Waals surface area (Å²) in [7, 11) is 1.70. The molecular formula is C12H15BrO. The van der Waals surface area contributed by atoms with Crippen LogP contribution in [0.4, 0.5) is 0 Å². The second-order valence-electron chi connectivity index (χ2n) is 3.13. The summed E-state index contributed by atoms with van der Waals surface area (Å²) in [5.74, 6) is 0.941. The maximum Gasteiger partial charge on any atom is 0.126 e. The maximum atomic E-state index is 5.29. The lowest BCUT2D eigenvalue weighted by atomic mass is 10.1. The number of allylic oxidation sites excluding steroid dienone is 1. The van der Waals surface area contributed by atoms with Crippen molar-refractivity contribution in [3.05, 3.63) is 35.4 Å². The van der Waals surface area contributed by atoms with Crippen molar-refractivity contribution in [1.82, 2.24) is 0 Å². The van der Waals surface area contributed by atoms with E-state index in [1.165, 1.54) is 5.56 Å². The van der Waals surface area contributed by atoms with E-state index in [2.05, 4.69) is 47.1 Å². The van der Waals surface area contributed by atoms with Crippen molar-refractivity contribution >= 4 is 22.0 Å². The molecule has 1 aromatic carbocycles. The molecule has 0 spiro atoms. The number of alkyl halides is 1. The Morgan fingerprint density at radius 1 is 1.43 bits per heavy atom. The van der Waals surface area contributed by atoms with Crippen LogP contribution in [0.5, 0.6) is 5.75 Å². The van der Waals surface area contributed by atoms with Crippen LogP contribution in [0.15, 0.2) is 24.3 Å². The third kappa shape index (κ3) is 3.18. The predicted octanol–water partition coefficient (Wildman–Crippen LogP) is 3.80. The Labute approximate surface area is 93.9 Å². The van der Waals surface area contributed by atoms with Gasteiger partial charge < -0.3 is 4.74 Å². The fourth-order valence-corrected chi connectivity index (χ4v) is 1.49. The van der Waals surface area contributed by atoms with Gasteiger partial charge in [-0.25, -0.2) is 0 Å². The van der Waals surface area contributed by atoms with Crippen molar-refractivity contribution in [3.8, 4) is 5.75 Å². The van der Waals surface area contributed by atoms with Crippen molar-refractivity contribution < 1.29 is 4.74 Å². The van der Waals surface area contributed by atoms with Crippen LogP contribution in [0.2, 0.25) is 0 Å². The van der Waals surface area contributed by atoms with Crippen LogP contribution in [0.25, 0.3) is 6.08 Å². The summed E-state index contributed by atoms with van der Waals surface area (Å²) in [6, 6.07) is 6.23. The number of hydrogen-bond acceptors (Lipinski definition) is 1. The van der Waals surface area contributed by atoms with E-state index in [9.17, 15) is 0 Å². The van der Waals surface area contributed by atoms with Gasteiger partial charge in [0.1, 0.15) is 5.75 Å². The highest BCUT2D eigenvalue weighted by molar-refractivity contribution is 9.09. The molecule has 0 aliphatic heterocycles. The Kier molecular flexibility index (Phi) is 4.74. The number of halogens is 1. The van der Waals surface area contributed by atoms with Gasteiger partial charge in [0.15, 0.2) is 0 Å². The Balaban J connectivity index is 2.85. The highest BCUT2D eigenvalue weighted by atomic mass is 79.9. The molecule has 0 aromatic heterocycles. The second-order valence-corrected chi connectivity index (χ2v) is 3.92. The fourth-order valence-electron chi connectivity index (χ4n) is 1.23. The Bertz CT molecular complexity index is 318. The van der Waals surface area contributed by atoms with Gasteiger partial charge in [0.05, 0.1) is 7.11 Å². The molecule has 0 saturated carbocycles. The monoisotopic (exact) mass is 254 g/mol. The molecule has 0 unspecified atom stereocenters. The van der Waals surface area contributed by atoms with Gasteiger partial charge in [0, 0.05) is 10.9 Å². The van der Waals surface area contributed by atoms with E-state index in [-0.39, 0.29) is 0 Å². The first kappa shape index (κ1) is 11.3. The molecule has 0 heterocycles. The molecule has 0 fully saturated rings. The molecule has 0 N–H and O–H groups in total. The van der Waals surface area contributed by atoms with Crippen LogP contribution >= 0.6 is 15.9 Å². The number of hydrogen-bond donors (Lipinski definition) is 0. The highest BCUT2D eigenvalue weighted by Crippen LogP contribution is 2.21.